The Bertz CT molecular complexity index is 617. The summed E-state index contributed by atoms with van der Waals surface area (Å²) in [6.07, 6.45) is 0.649. The Balaban J connectivity index is 2.16. The van der Waals surface area contributed by atoms with Crippen LogP contribution in [-0.4, -0.2) is 33.9 Å². The maximum atomic E-state index is 12.3. The van der Waals surface area contributed by atoms with E-state index >= 15 is 0 Å². The van der Waals surface area contributed by atoms with E-state index in [1.165, 1.54) is 0 Å². The number of hydrogen-bond acceptors (Lipinski definition) is 3. The highest BCUT2D eigenvalue weighted by Gasteiger charge is 2.21. The van der Waals surface area contributed by atoms with Crippen LogP contribution < -0.4 is 5.32 Å². The van der Waals surface area contributed by atoms with Crippen molar-refractivity contribution >= 4 is 16.8 Å². The number of aliphatic hydroxyl groups is 1. The lowest BCUT2D eigenvalue weighted by atomic mass is 9.90. The Morgan fingerprint density at radius 1 is 1.40 bits per heavy atom. The van der Waals surface area contributed by atoms with Gasteiger partial charge in [0.25, 0.3) is 5.91 Å². The Kier molecular flexibility index (Phi) is 4.09. The summed E-state index contributed by atoms with van der Waals surface area (Å²) in [6.45, 7) is 4.66. The van der Waals surface area contributed by atoms with Crippen molar-refractivity contribution in [3.63, 3.8) is 0 Å². The van der Waals surface area contributed by atoms with E-state index in [1.54, 1.807) is 4.68 Å². The zero-order valence-electron chi connectivity index (χ0n) is 12.2. The van der Waals surface area contributed by atoms with Crippen molar-refractivity contribution in [2.24, 2.45) is 12.5 Å². The summed E-state index contributed by atoms with van der Waals surface area (Å²) in [5, 5.41) is 17.0. The van der Waals surface area contributed by atoms with Gasteiger partial charge in [-0.25, -0.2) is 0 Å². The standard InChI is InChI=1S/C15H21N3O2/c1-15(2,8-9-19)10-16-14(20)13-11-6-4-5-7-12(11)18(3)17-13/h4-7,19H,8-10H2,1-3H3,(H,16,20). The van der Waals surface area contributed by atoms with Gasteiger partial charge < -0.3 is 10.4 Å². The summed E-state index contributed by atoms with van der Waals surface area (Å²) in [4.78, 5) is 12.3. The quantitative estimate of drug-likeness (QED) is 0.873. The Morgan fingerprint density at radius 3 is 2.80 bits per heavy atom. The van der Waals surface area contributed by atoms with Crippen LogP contribution in [0.15, 0.2) is 24.3 Å². The SMILES string of the molecule is Cn1nc(C(=O)NCC(C)(C)CCO)c2ccccc21. The molecule has 0 aliphatic rings. The molecule has 0 bridgehead atoms. The Hall–Kier alpha value is -1.88. The van der Waals surface area contributed by atoms with Crippen LogP contribution >= 0.6 is 0 Å². The first-order valence-corrected chi connectivity index (χ1v) is 6.75. The number of rotatable bonds is 5. The topological polar surface area (TPSA) is 67.2 Å². The lowest BCUT2D eigenvalue weighted by molar-refractivity contribution is 0.0924. The van der Waals surface area contributed by atoms with Gasteiger partial charge in [-0.3, -0.25) is 9.48 Å². The number of carbonyl (C=O) groups excluding carboxylic acids is 1. The van der Waals surface area contributed by atoms with E-state index in [0.29, 0.717) is 18.7 Å². The van der Waals surface area contributed by atoms with E-state index in [9.17, 15) is 4.79 Å². The monoisotopic (exact) mass is 275 g/mol. The van der Waals surface area contributed by atoms with E-state index in [1.807, 2.05) is 45.2 Å². The smallest absolute Gasteiger partial charge is 0.272 e. The minimum atomic E-state index is -0.173. The van der Waals surface area contributed by atoms with Crippen molar-refractivity contribution in [3.8, 4) is 0 Å². The molecule has 108 valence electrons. The lowest BCUT2D eigenvalue weighted by Crippen LogP contribution is -2.34. The molecule has 0 atom stereocenters. The van der Waals surface area contributed by atoms with Crippen LogP contribution in [0.5, 0.6) is 0 Å². The van der Waals surface area contributed by atoms with Crippen LogP contribution in [0.4, 0.5) is 0 Å². The maximum absolute atomic E-state index is 12.3. The zero-order chi connectivity index (χ0) is 14.8. The second kappa shape index (κ2) is 5.63. The fourth-order valence-corrected chi connectivity index (χ4v) is 2.18. The van der Waals surface area contributed by atoms with Crippen molar-refractivity contribution in [3.05, 3.63) is 30.0 Å². The van der Waals surface area contributed by atoms with Gasteiger partial charge >= 0.3 is 0 Å². The highest BCUT2D eigenvalue weighted by molar-refractivity contribution is 6.04. The molecule has 0 saturated heterocycles. The molecule has 0 aliphatic heterocycles. The number of benzene rings is 1. The lowest BCUT2D eigenvalue weighted by Gasteiger charge is -2.23. The van der Waals surface area contributed by atoms with Crippen molar-refractivity contribution in [2.45, 2.75) is 20.3 Å². The Labute approximate surface area is 118 Å². The maximum Gasteiger partial charge on any atom is 0.272 e. The molecule has 20 heavy (non-hydrogen) atoms. The third-order valence-electron chi connectivity index (χ3n) is 3.49. The fraction of sp³-hybridized carbons (Fsp3) is 0.467. The molecule has 0 saturated carbocycles. The average molecular weight is 275 g/mol. The number of para-hydroxylation sites is 1. The van der Waals surface area contributed by atoms with Gasteiger partial charge in [0.05, 0.1) is 5.52 Å². The predicted octanol–water partition coefficient (Wildman–Crippen LogP) is 1.71. The van der Waals surface area contributed by atoms with Gasteiger partial charge in [-0.2, -0.15) is 5.10 Å². The van der Waals surface area contributed by atoms with Gasteiger partial charge in [-0.1, -0.05) is 32.0 Å². The first-order chi connectivity index (χ1) is 9.44. The van der Waals surface area contributed by atoms with Crippen LogP contribution in [0.2, 0.25) is 0 Å². The molecule has 0 spiro atoms. The molecule has 0 radical (unpaired) electrons. The highest BCUT2D eigenvalue weighted by Crippen LogP contribution is 2.20. The molecule has 2 N–H and O–H groups in total. The average Bonchev–Trinajstić information content (AvgIpc) is 2.74. The molecule has 1 amide bonds. The Morgan fingerprint density at radius 2 is 2.10 bits per heavy atom. The van der Waals surface area contributed by atoms with Crippen LogP contribution in [0.1, 0.15) is 30.8 Å². The minimum absolute atomic E-state index is 0.120. The first-order valence-electron chi connectivity index (χ1n) is 6.75. The number of nitrogens with one attached hydrogen (secondary N) is 1. The first kappa shape index (κ1) is 14.5. The molecule has 5 heteroatoms. The third kappa shape index (κ3) is 2.99. The van der Waals surface area contributed by atoms with Crippen LogP contribution in [-0.2, 0) is 7.05 Å². The van der Waals surface area contributed by atoms with Gasteiger partial charge in [-0.05, 0) is 17.9 Å². The van der Waals surface area contributed by atoms with Crippen molar-refractivity contribution in [1.82, 2.24) is 15.1 Å². The van der Waals surface area contributed by atoms with E-state index in [4.69, 9.17) is 5.11 Å². The largest absolute Gasteiger partial charge is 0.396 e. The molecule has 0 unspecified atom stereocenters. The summed E-state index contributed by atoms with van der Waals surface area (Å²) in [5.74, 6) is -0.173. The summed E-state index contributed by atoms with van der Waals surface area (Å²) < 4.78 is 1.71. The molecule has 1 heterocycles. The fourth-order valence-electron chi connectivity index (χ4n) is 2.18. The van der Waals surface area contributed by atoms with E-state index in [0.717, 1.165) is 10.9 Å². The molecule has 1 aromatic heterocycles. The molecule has 0 aliphatic carbocycles. The summed E-state index contributed by atoms with van der Waals surface area (Å²) in [5.41, 5.74) is 1.25. The molecule has 2 rings (SSSR count). The number of aliphatic hydroxyl groups excluding tert-OH is 1. The second-order valence-corrected chi connectivity index (χ2v) is 5.81. The zero-order valence-corrected chi connectivity index (χ0v) is 12.2. The predicted molar refractivity (Wildman–Crippen MR) is 78.5 cm³/mol. The molecular formula is C15H21N3O2. The normalized spacial score (nSPS) is 11.8. The summed E-state index contributed by atoms with van der Waals surface area (Å²) >= 11 is 0. The van der Waals surface area contributed by atoms with Crippen molar-refractivity contribution < 1.29 is 9.90 Å². The van der Waals surface area contributed by atoms with E-state index < -0.39 is 0 Å². The number of amides is 1. The van der Waals surface area contributed by atoms with E-state index in [-0.39, 0.29) is 17.9 Å². The van der Waals surface area contributed by atoms with Crippen molar-refractivity contribution in [2.75, 3.05) is 13.2 Å². The number of fused-ring (bicyclic) bond motifs is 1. The van der Waals surface area contributed by atoms with Gasteiger partial charge in [0.1, 0.15) is 0 Å². The van der Waals surface area contributed by atoms with E-state index in [2.05, 4.69) is 10.4 Å². The van der Waals surface area contributed by atoms with Gasteiger partial charge in [0, 0.05) is 25.6 Å². The molecular weight excluding hydrogens is 254 g/mol. The van der Waals surface area contributed by atoms with Crippen LogP contribution in [0.3, 0.4) is 0 Å². The molecule has 5 nitrogen and oxygen atoms in total. The highest BCUT2D eigenvalue weighted by atomic mass is 16.3. The van der Waals surface area contributed by atoms with Gasteiger partial charge in [-0.15, -0.1) is 0 Å². The third-order valence-corrected chi connectivity index (χ3v) is 3.49. The number of nitrogens with zero attached hydrogens (tertiary/aromatic N) is 2. The van der Waals surface area contributed by atoms with Gasteiger partial charge in [0.15, 0.2) is 5.69 Å². The number of hydrogen-bond donors (Lipinski definition) is 2. The summed E-state index contributed by atoms with van der Waals surface area (Å²) in [7, 11) is 1.83. The molecule has 1 aromatic carbocycles. The number of aromatic nitrogens is 2. The number of aryl methyl sites for hydroxylation is 1. The van der Waals surface area contributed by atoms with Crippen molar-refractivity contribution in [1.29, 1.82) is 0 Å². The number of carbonyl (C=O) groups is 1. The summed E-state index contributed by atoms with van der Waals surface area (Å²) in [6, 6.07) is 7.66. The minimum Gasteiger partial charge on any atom is -0.396 e. The van der Waals surface area contributed by atoms with Gasteiger partial charge in [0.2, 0.25) is 0 Å². The molecule has 0 fully saturated rings. The van der Waals surface area contributed by atoms with Crippen LogP contribution in [0.25, 0.3) is 10.9 Å². The molecule has 2 aromatic rings. The van der Waals surface area contributed by atoms with Crippen LogP contribution in [0, 0.1) is 5.41 Å². The second-order valence-electron chi connectivity index (χ2n) is 5.81.